The van der Waals surface area contributed by atoms with Gasteiger partial charge < -0.3 is 14.8 Å². The van der Waals surface area contributed by atoms with E-state index in [0.29, 0.717) is 16.5 Å². The lowest BCUT2D eigenvalue weighted by molar-refractivity contribution is -0.116. The predicted octanol–water partition coefficient (Wildman–Crippen LogP) is 3.54. The lowest BCUT2D eigenvalue weighted by Crippen LogP contribution is -2.20. The normalized spacial score (nSPS) is 10.0. The molecule has 5 heteroatoms. The van der Waals surface area contributed by atoms with Crippen molar-refractivity contribution in [3.05, 3.63) is 64.7 Å². The van der Waals surface area contributed by atoms with Crippen molar-refractivity contribution in [3.8, 4) is 23.3 Å². The molecule has 128 valence electrons. The minimum absolute atomic E-state index is 0.227. The maximum absolute atomic E-state index is 11.8. The molecule has 4 nitrogen and oxygen atoms in total. The number of hydrogen-bond donors (Lipinski definition) is 1. The van der Waals surface area contributed by atoms with Crippen LogP contribution in [0.3, 0.4) is 0 Å². The third kappa shape index (κ3) is 5.91. The Labute approximate surface area is 152 Å². The van der Waals surface area contributed by atoms with Gasteiger partial charge >= 0.3 is 0 Å². The number of hydrogen-bond acceptors (Lipinski definition) is 3. The van der Waals surface area contributed by atoms with Crippen molar-refractivity contribution in [1.82, 2.24) is 5.32 Å². The van der Waals surface area contributed by atoms with Crippen LogP contribution in [0.25, 0.3) is 6.08 Å². The predicted molar refractivity (Wildman–Crippen MR) is 99.9 cm³/mol. The third-order valence-electron chi connectivity index (χ3n) is 3.24. The van der Waals surface area contributed by atoms with E-state index in [1.807, 2.05) is 18.2 Å². The van der Waals surface area contributed by atoms with E-state index in [4.69, 9.17) is 21.1 Å². The number of carbonyl (C=O) groups excluding carboxylic acids is 1. The Hall–Kier alpha value is -2.90. The number of amides is 1. The van der Waals surface area contributed by atoms with E-state index in [0.717, 1.165) is 11.1 Å². The quantitative estimate of drug-likeness (QED) is 0.659. The average molecular weight is 356 g/mol. The summed E-state index contributed by atoms with van der Waals surface area (Å²) in [4.78, 5) is 11.8. The molecular weight excluding hydrogens is 338 g/mol. The molecule has 0 saturated heterocycles. The Bertz CT molecular complexity index is 834. The van der Waals surface area contributed by atoms with Crippen LogP contribution >= 0.6 is 11.6 Å². The topological polar surface area (TPSA) is 47.6 Å². The smallest absolute Gasteiger partial charge is 0.244 e. The van der Waals surface area contributed by atoms with Crippen molar-refractivity contribution in [3.63, 3.8) is 0 Å². The van der Waals surface area contributed by atoms with Gasteiger partial charge in [-0.05, 0) is 42.0 Å². The van der Waals surface area contributed by atoms with Gasteiger partial charge in [-0.3, -0.25) is 4.79 Å². The summed E-state index contributed by atoms with van der Waals surface area (Å²) in [5.74, 6) is 6.84. The molecule has 2 aromatic rings. The van der Waals surface area contributed by atoms with Gasteiger partial charge in [0.15, 0.2) is 11.5 Å². The highest BCUT2D eigenvalue weighted by Crippen LogP contribution is 2.27. The highest BCUT2D eigenvalue weighted by Gasteiger charge is 2.03. The van der Waals surface area contributed by atoms with Crippen molar-refractivity contribution in [2.45, 2.75) is 0 Å². The summed E-state index contributed by atoms with van der Waals surface area (Å²) in [6.07, 6.45) is 3.14. The summed E-state index contributed by atoms with van der Waals surface area (Å²) in [6.45, 7) is 0.252. The fraction of sp³-hybridized carbons (Fsp3) is 0.150. The second kappa shape index (κ2) is 9.41. The molecule has 1 N–H and O–H groups in total. The Morgan fingerprint density at radius 3 is 2.68 bits per heavy atom. The molecule has 0 saturated carbocycles. The Morgan fingerprint density at radius 2 is 1.96 bits per heavy atom. The van der Waals surface area contributed by atoms with Crippen LogP contribution in [0.5, 0.6) is 11.5 Å². The maximum Gasteiger partial charge on any atom is 0.244 e. The van der Waals surface area contributed by atoms with E-state index >= 15 is 0 Å². The number of rotatable bonds is 5. The first-order valence-electron chi connectivity index (χ1n) is 7.55. The first-order valence-corrected chi connectivity index (χ1v) is 7.92. The van der Waals surface area contributed by atoms with Crippen LogP contribution in [0.2, 0.25) is 5.02 Å². The highest BCUT2D eigenvalue weighted by atomic mass is 35.5. The summed E-state index contributed by atoms with van der Waals surface area (Å²) in [6, 6.07) is 12.7. The number of ether oxygens (including phenoxy) is 2. The monoisotopic (exact) mass is 355 g/mol. The highest BCUT2D eigenvalue weighted by molar-refractivity contribution is 6.30. The van der Waals surface area contributed by atoms with Gasteiger partial charge in [-0.25, -0.2) is 0 Å². The maximum atomic E-state index is 11.8. The van der Waals surface area contributed by atoms with Crippen LogP contribution in [-0.4, -0.2) is 26.7 Å². The minimum atomic E-state index is -0.227. The summed E-state index contributed by atoms with van der Waals surface area (Å²) in [5.41, 5.74) is 1.64. The van der Waals surface area contributed by atoms with Crippen molar-refractivity contribution in [1.29, 1.82) is 0 Å². The molecule has 0 radical (unpaired) electrons. The molecule has 0 atom stereocenters. The van der Waals surface area contributed by atoms with E-state index in [9.17, 15) is 4.79 Å². The van der Waals surface area contributed by atoms with Crippen molar-refractivity contribution in [2.24, 2.45) is 0 Å². The molecule has 0 fully saturated rings. The van der Waals surface area contributed by atoms with Gasteiger partial charge in [0, 0.05) is 16.7 Å². The Balaban J connectivity index is 1.89. The average Bonchev–Trinajstić information content (AvgIpc) is 2.63. The largest absolute Gasteiger partial charge is 0.493 e. The van der Waals surface area contributed by atoms with E-state index in [1.165, 1.54) is 6.08 Å². The number of halogens is 1. The molecule has 0 aliphatic heterocycles. The lowest BCUT2D eigenvalue weighted by Gasteiger charge is -2.07. The first kappa shape index (κ1) is 18.4. The number of methoxy groups -OCH3 is 2. The summed E-state index contributed by atoms with van der Waals surface area (Å²) in [5, 5.41) is 3.33. The van der Waals surface area contributed by atoms with Gasteiger partial charge in [0.25, 0.3) is 0 Å². The van der Waals surface area contributed by atoms with Crippen molar-refractivity contribution < 1.29 is 14.3 Å². The Kier molecular flexibility index (Phi) is 6.94. The van der Waals surface area contributed by atoms with Crippen LogP contribution in [0.1, 0.15) is 11.1 Å². The standard InChI is InChI=1S/C20H18ClNO3/c1-24-18-10-8-16(14-19(18)25-2)9-11-20(23)22-12-4-6-15-5-3-7-17(21)13-15/h3,5,7-11,13-14H,12H2,1-2H3,(H,22,23)/b11-9+. The van der Waals surface area contributed by atoms with Gasteiger partial charge in [0.1, 0.15) is 0 Å². The van der Waals surface area contributed by atoms with Crippen LogP contribution in [0.4, 0.5) is 0 Å². The fourth-order valence-electron chi connectivity index (χ4n) is 2.03. The Morgan fingerprint density at radius 1 is 1.16 bits per heavy atom. The zero-order valence-electron chi connectivity index (χ0n) is 14.0. The van der Waals surface area contributed by atoms with Gasteiger partial charge in [0.05, 0.1) is 20.8 Å². The molecule has 0 spiro atoms. The van der Waals surface area contributed by atoms with Crippen molar-refractivity contribution >= 4 is 23.6 Å². The molecule has 0 aliphatic carbocycles. The zero-order valence-corrected chi connectivity index (χ0v) is 14.8. The van der Waals surface area contributed by atoms with E-state index in [-0.39, 0.29) is 12.5 Å². The molecule has 25 heavy (non-hydrogen) atoms. The molecule has 0 bridgehead atoms. The number of carbonyl (C=O) groups is 1. The van der Waals surface area contributed by atoms with Gasteiger partial charge in [-0.15, -0.1) is 0 Å². The zero-order chi connectivity index (χ0) is 18.1. The van der Waals surface area contributed by atoms with E-state index < -0.39 is 0 Å². The second-order valence-electron chi connectivity index (χ2n) is 4.98. The van der Waals surface area contributed by atoms with Crippen LogP contribution < -0.4 is 14.8 Å². The first-order chi connectivity index (χ1) is 12.1. The van der Waals surface area contributed by atoms with Gasteiger partial charge in [-0.2, -0.15) is 0 Å². The molecule has 0 heterocycles. The van der Waals surface area contributed by atoms with E-state index in [1.54, 1.807) is 44.6 Å². The number of nitrogens with one attached hydrogen (secondary N) is 1. The summed E-state index contributed by atoms with van der Waals surface area (Å²) < 4.78 is 10.4. The van der Waals surface area contributed by atoms with Crippen LogP contribution in [0, 0.1) is 11.8 Å². The minimum Gasteiger partial charge on any atom is -0.493 e. The molecule has 0 aromatic heterocycles. The molecular formula is C20H18ClNO3. The molecule has 2 aromatic carbocycles. The van der Waals surface area contributed by atoms with Gasteiger partial charge in [0.2, 0.25) is 5.91 Å². The SMILES string of the molecule is COc1ccc(/C=C/C(=O)NCC#Cc2cccc(Cl)c2)cc1OC. The van der Waals surface area contributed by atoms with Crippen molar-refractivity contribution in [2.75, 3.05) is 20.8 Å². The van der Waals surface area contributed by atoms with E-state index in [2.05, 4.69) is 17.2 Å². The van der Waals surface area contributed by atoms with Crippen LogP contribution in [0.15, 0.2) is 48.5 Å². The number of benzene rings is 2. The molecule has 2 rings (SSSR count). The summed E-state index contributed by atoms with van der Waals surface area (Å²) in [7, 11) is 3.14. The fourth-order valence-corrected chi connectivity index (χ4v) is 2.22. The second-order valence-corrected chi connectivity index (χ2v) is 5.41. The third-order valence-corrected chi connectivity index (χ3v) is 3.48. The van der Waals surface area contributed by atoms with Crippen LogP contribution in [-0.2, 0) is 4.79 Å². The summed E-state index contributed by atoms with van der Waals surface area (Å²) >= 11 is 5.88. The molecule has 0 unspecified atom stereocenters. The van der Waals surface area contributed by atoms with Gasteiger partial charge in [-0.1, -0.05) is 35.6 Å². The molecule has 0 aliphatic rings. The lowest BCUT2D eigenvalue weighted by atomic mass is 10.2. The molecule has 1 amide bonds.